The zero-order valence-corrected chi connectivity index (χ0v) is 17.7. The van der Waals surface area contributed by atoms with Crippen molar-refractivity contribution in [2.75, 3.05) is 7.05 Å². The van der Waals surface area contributed by atoms with Gasteiger partial charge in [-0.3, -0.25) is 4.98 Å². The Bertz CT molecular complexity index is 1150. The SMILES string of the molecule is Cc1ccc(-c2ccc(OC(=O)N(C)Cc3cccc(-c4ccncc4)c3)cc2)cc1. The first kappa shape index (κ1) is 20.4. The van der Waals surface area contributed by atoms with Crippen LogP contribution in [0.3, 0.4) is 0 Å². The van der Waals surface area contributed by atoms with Crippen molar-refractivity contribution < 1.29 is 9.53 Å². The van der Waals surface area contributed by atoms with E-state index in [0.717, 1.165) is 27.8 Å². The molecule has 0 N–H and O–H groups in total. The van der Waals surface area contributed by atoms with Crippen LogP contribution in [-0.2, 0) is 6.54 Å². The molecule has 0 saturated carbocycles. The topological polar surface area (TPSA) is 42.4 Å². The number of aromatic nitrogens is 1. The van der Waals surface area contributed by atoms with Gasteiger partial charge in [0.1, 0.15) is 5.75 Å². The molecule has 0 aliphatic carbocycles. The van der Waals surface area contributed by atoms with E-state index >= 15 is 0 Å². The van der Waals surface area contributed by atoms with E-state index < -0.39 is 6.09 Å². The second-order valence-corrected chi connectivity index (χ2v) is 7.55. The van der Waals surface area contributed by atoms with E-state index in [1.807, 2.05) is 54.6 Å². The normalized spacial score (nSPS) is 10.5. The van der Waals surface area contributed by atoms with Gasteiger partial charge in [-0.05, 0) is 65.1 Å². The number of rotatable bonds is 5. The number of carbonyl (C=O) groups excluding carboxylic acids is 1. The third kappa shape index (κ3) is 5.17. The Morgan fingerprint density at radius 1 is 0.806 bits per heavy atom. The Morgan fingerprint density at radius 3 is 2.10 bits per heavy atom. The molecule has 0 aliphatic heterocycles. The Hall–Kier alpha value is -3.92. The van der Waals surface area contributed by atoms with E-state index in [0.29, 0.717) is 12.3 Å². The van der Waals surface area contributed by atoms with Crippen molar-refractivity contribution in [3.8, 4) is 28.0 Å². The second-order valence-electron chi connectivity index (χ2n) is 7.55. The van der Waals surface area contributed by atoms with Gasteiger partial charge in [0.25, 0.3) is 0 Å². The lowest BCUT2D eigenvalue weighted by molar-refractivity contribution is 0.161. The summed E-state index contributed by atoms with van der Waals surface area (Å²) < 4.78 is 5.55. The standard InChI is InChI=1S/C27H24N2O2/c1-20-6-8-22(9-7-20)23-10-12-26(13-11-23)31-27(30)29(2)19-21-4-3-5-25(18-21)24-14-16-28-17-15-24/h3-18H,19H2,1-2H3. The van der Waals surface area contributed by atoms with Gasteiger partial charge in [0.2, 0.25) is 0 Å². The maximum absolute atomic E-state index is 12.6. The predicted molar refractivity (Wildman–Crippen MR) is 124 cm³/mol. The number of ether oxygens (including phenoxy) is 1. The van der Waals surface area contributed by atoms with Crippen LogP contribution in [0.4, 0.5) is 4.79 Å². The summed E-state index contributed by atoms with van der Waals surface area (Å²) in [5, 5.41) is 0. The fraction of sp³-hybridized carbons (Fsp3) is 0.111. The van der Waals surface area contributed by atoms with Crippen molar-refractivity contribution >= 4 is 6.09 Å². The van der Waals surface area contributed by atoms with Crippen LogP contribution in [-0.4, -0.2) is 23.0 Å². The highest BCUT2D eigenvalue weighted by Crippen LogP contribution is 2.24. The minimum Gasteiger partial charge on any atom is -0.410 e. The number of benzene rings is 3. The lowest BCUT2D eigenvalue weighted by atomic mass is 10.0. The number of nitrogens with zero attached hydrogens (tertiary/aromatic N) is 2. The number of amides is 1. The van der Waals surface area contributed by atoms with Gasteiger partial charge in [0.15, 0.2) is 0 Å². The zero-order valence-electron chi connectivity index (χ0n) is 17.7. The maximum Gasteiger partial charge on any atom is 0.415 e. The third-order valence-corrected chi connectivity index (χ3v) is 5.12. The van der Waals surface area contributed by atoms with Crippen molar-refractivity contribution in [3.63, 3.8) is 0 Å². The van der Waals surface area contributed by atoms with Crippen molar-refractivity contribution in [2.24, 2.45) is 0 Å². The summed E-state index contributed by atoms with van der Waals surface area (Å²) in [5.41, 5.74) is 6.66. The van der Waals surface area contributed by atoms with Gasteiger partial charge in [-0.1, -0.05) is 60.2 Å². The van der Waals surface area contributed by atoms with Crippen LogP contribution in [0.15, 0.2) is 97.3 Å². The van der Waals surface area contributed by atoms with Gasteiger partial charge in [-0.25, -0.2) is 4.79 Å². The molecule has 31 heavy (non-hydrogen) atoms. The van der Waals surface area contributed by atoms with Gasteiger partial charge in [-0.2, -0.15) is 0 Å². The Morgan fingerprint density at radius 2 is 1.42 bits per heavy atom. The van der Waals surface area contributed by atoms with Crippen LogP contribution < -0.4 is 4.74 Å². The molecule has 3 aromatic carbocycles. The molecule has 1 aromatic heterocycles. The van der Waals surface area contributed by atoms with Crippen molar-refractivity contribution in [1.82, 2.24) is 9.88 Å². The molecule has 4 rings (SSSR count). The monoisotopic (exact) mass is 408 g/mol. The summed E-state index contributed by atoms with van der Waals surface area (Å²) in [6.45, 7) is 2.53. The van der Waals surface area contributed by atoms with Crippen LogP contribution in [0.2, 0.25) is 0 Å². The van der Waals surface area contributed by atoms with Crippen LogP contribution in [0.1, 0.15) is 11.1 Å². The van der Waals surface area contributed by atoms with E-state index in [4.69, 9.17) is 4.74 Å². The smallest absolute Gasteiger partial charge is 0.410 e. The molecule has 1 heterocycles. The van der Waals surface area contributed by atoms with E-state index in [1.165, 1.54) is 5.56 Å². The average molecular weight is 409 g/mol. The van der Waals surface area contributed by atoms with Crippen LogP contribution >= 0.6 is 0 Å². The second kappa shape index (κ2) is 9.26. The number of hydrogen-bond donors (Lipinski definition) is 0. The van der Waals surface area contributed by atoms with E-state index in [-0.39, 0.29) is 0 Å². The molecule has 0 atom stereocenters. The van der Waals surface area contributed by atoms with Gasteiger partial charge in [-0.15, -0.1) is 0 Å². The molecule has 0 saturated heterocycles. The van der Waals surface area contributed by atoms with Gasteiger partial charge < -0.3 is 9.64 Å². The molecule has 0 fully saturated rings. The molecule has 0 unspecified atom stereocenters. The Kier molecular flexibility index (Phi) is 6.08. The molecule has 0 aliphatic rings. The molecule has 1 amide bonds. The fourth-order valence-corrected chi connectivity index (χ4v) is 3.37. The predicted octanol–water partition coefficient (Wildman–Crippen LogP) is 6.35. The minimum atomic E-state index is -0.391. The van der Waals surface area contributed by atoms with Gasteiger partial charge in [0, 0.05) is 26.0 Å². The van der Waals surface area contributed by atoms with Crippen molar-refractivity contribution in [3.05, 3.63) is 108 Å². The minimum absolute atomic E-state index is 0.391. The molecule has 154 valence electrons. The third-order valence-electron chi connectivity index (χ3n) is 5.12. The molecule has 4 heteroatoms. The number of aryl methyl sites for hydroxylation is 1. The zero-order chi connectivity index (χ0) is 21.6. The highest BCUT2D eigenvalue weighted by atomic mass is 16.6. The highest BCUT2D eigenvalue weighted by Gasteiger charge is 2.12. The first-order valence-corrected chi connectivity index (χ1v) is 10.2. The lowest BCUT2D eigenvalue weighted by Gasteiger charge is -2.17. The summed E-state index contributed by atoms with van der Waals surface area (Å²) in [6.07, 6.45) is 3.16. The van der Waals surface area contributed by atoms with E-state index in [1.54, 1.807) is 24.3 Å². The molecule has 0 spiro atoms. The summed E-state index contributed by atoms with van der Waals surface area (Å²) in [7, 11) is 1.74. The molecular formula is C27H24N2O2. The molecule has 4 aromatic rings. The fourth-order valence-electron chi connectivity index (χ4n) is 3.37. The number of carbonyl (C=O) groups is 1. The summed E-state index contributed by atoms with van der Waals surface area (Å²) >= 11 is 0. The molecular weight excluding hydrogens is 384 g/mol. The average Bonchev–Trinajstić information content (AvgIpc) is 2.81. The molecule has 0 radical (unpaired) electrons. The van der Waals surface area contributed by atoms with Crippen LogP contribution in [0, 0.1) is 6.92 Å². The maximum atomic E-state index is 12.6. The molecule has 4 nitrogen and oxygen atoms in total. The van der Waals surface area contributed by atoms with Crippen molar-refractivity contribution in [2.45, 2.75) is 13.5 Å². The van der Waals surface area contributed by atoms with E-state index in [2.05, 4.69) is 42.2 Å². The first-order chi connectivity index (χ1) is 15.1. The summed E-state index contributed by atoms with van der Waals surface area (Å²) in [6, 6.07) is 28.0. The first-order valence-electron chi connectivity index (χ1n) is 10.2. The number of pyridine rings is 1. The molecule has 0 bridgehead atoms. The van der Waals surface area contributed by atoms with Gasteiger partial charge >= 0.3 is 6.09 Å². The Balaban J connectivity index is 1.39. The van der Waals surface area contributed by atoms with Crippen LogP contribution in [0.5, 0.6) is 5.75 Å². The Labute approximate surface area is 182 Å². The summed E-state index contributed by atoms with van der Waals surface area (Å²) in [4.78, 5) is 18.2. The summed E-state index contributed by atoms with van der Waals surface area (Å²) in [5.74, 6) is 0.526. The highest BCUT2D eigenvalue weighted by molar-refractivity contribution is 5.71. The number of hydrogen-bond acceptors (Lipinski definition) is 3. The lowest BCUT2D eigenvalue weighted by Crippen LogP contribution is -2.29. The quantitative estimate of drug-likeness (QED) is 0.386. The van der Waals surface area contributed by atoms with E-state index in [9.17, 15) is 4.79 Å². The van der Waals surface area contributed by atoms with Crippen molar-refractivity contribution in [1.29, 1.82) is 0 Å². The van der Waals surface area contributed by atoms with Gasteiger partial charge in [0.05, 0.1) is 0 Å². The largest absolute Gasteiger partial charge is 0.415 e. The van der Waals surface area contributed by atoms with Crippen LogP contribution in [0.25, 0.3) is 22.3 Å².